The molecule has 0 saturated heterocycles. The van der Waals surface area contributed by atoms with Gasteiger partial charge in [0.05, 0.1) is 30.1 Å². The first kappa shape index (κ1) is 45.0. The number of alkyl carbamates (subject to hydrolysis) is 1. The number of nitrogens with two attached hydrogens (primary N) is 1. The molecule has 3 heterocycles. The molecule has 0 bridgehead atoms. The summed E-state index contributed by atoms with van der Waals surface area (Å²) < 4.78 is 20.0. The zero-order valence-electron chi connectivity index (χ0n) is 38.3. The van der Waals surface area contributed by atoms with Gasteiger partial charge in [-0.3, -0.25) is 14.0 Å². The topological polar surface area (TPSA) is 163 Å². The summed E-state index contributed by atoms with van der Waals surface area (Å²) in [5.74, 6) is 0.504. The van der Waals surface area contributed by atoms with Gasteiger partial charge in [-0.2, -0.15) is 0 Å². The molecular weight excluding hydrogens is 877 g/mol. The normalized spacial score (nSPS) is 12.2. The van der Waals surface area contributed by atoms with E-state index in [0.29, 0.717) is 35.8 Å². The van der Waals surface area contributed by atoms with Gasteiger partial charge in [-0.1, -0.05) is 146 Å². The zero-order valence-corrected chi connectivity index (χ0v) is 38.3. The number of hydrogen-bond acceptors (Lipinski definition) is 9. The van der Waals surface area contributed by atoms with Crippen molar-refractivity contribution in [2.75, 3.05) is 18.9 Å². The molecule has 1 atom stereocenters. The number of furan rings is 1. The number of nitrogens with one attached hydrogen (secondary N) is 2. The molecule has 1 aliphatic rings. The first-order chi connectivity index (χ1) is 34.3. The molecule has 0 fully saturated rings. The molecule has 0 spiro atoms. The van der Waals surface area contributed by atoms with Crippen LogP contribution in [0.5, 0.6) is 5.88 Å². The predicted molar refractivity (Wildman–Crippen MR) is 268 cm³/mol. The Morgan fingerprint density at radius 3 is 2.07 bits per heavy atom. The van der Waals surface area contributed by atoms with E-state index in [1.165, 1.54) is 0 Å². The van der Waals surface area contributed by atoms with E-state index in [9.17, 15) is 14.4 Å². The van der Waals surface area contributed by atoms with Crippen LogP contribution >= 0.6 is 0 Å². The standard InChI is InChI=1S/C58H50N6O6/c59-43-18-11-17-42(32-43)53-35-64-56(51(61-53)30-39-15-5-2-6-16-39)63-52(33-44-19-12-28-68-44)57(64)69-36-41-26-24-40(25-27-41)31-54(65)50(29-38-13-3-1-4-14-38)62-55(66)34-60-58(67)70-37-49-47-22-9-7-20-45(47)46-21-8-10-23-48(46)49/h1-28,32,35,49-50H,29-31,33-34,36-37,59H2,(H,60,67)(H,62,66). The third kappa shape index (κ3) is 10.4. The maximum Gasteiger partial charge on any atom is 0.407 e. The van der Waals surface area contributed by atoms with Gasteiger partial charge in [-0.05, 0) is 75.2 Å². The lowest BCUT2D eigenvalue weighted by Gasteiger charge is -2.19. The summed E-state index contributed by atoms with van der Waals surface area (Å²) in [7, 11) is 0. The number of fused-ring (bicyclic) bond motifs is 4. The van der Waals surface area contributed by atoms with E-state index in [0.717, 1.165) is 67.2 Å². The highest BCUT2D eigenvalue weighted by atomic mass is 16.5. The van der Waals surface area contributed by atoms with Gasteiger partial charge < -0.3 is 30.3 Å². The highest BCUT2D eigenvalue weighted by Gasteiger charge is 2.29. The number of amides is 2. The van der Waals surface area contributed by atoms with Crippen LogP contribution in [-0.4, -0.2) is 51.3 Å². The lowest BCUT2D eigenvalue weighted by Crippen LogP contribution is -2.47. The average molecular weight is 927 g/mol. The largest absolute Gasteiger partial charge is 0.472 e. The number of aromatic nitrogens is 3. The van der Waals surface area contributed by atoms with E-state index in [2.05, 4.69) is 34.9 Å². The summed E-state index contributed by atoms with van der Waals surface area (Å²) >= 11 is 0. The molecule has 12 nitrogen and oxygen atoms in total. The van der Waals surface area contributed by atoms with E-state index in [1.54, 1.807) is 6.26 Å². The lowest BCUT2D eigenvalue weighted by molar-refractivity contribution is -0.127. The molecule has 70 heavy (non-hydrogen) atoms. The molecule has 1 unspecified atom stereocenters. The number of carbonyl (C=O) groups is 3. The van der Waals surface area contributed by atoms with E-state index >= 15 is 0 Å². The van der Waals surface area contributed by atoms with E-state index < -0.39 is 18.0 Å². The molecule has 1 aliphatic carbocycles. The Labute approximate surface area is 405 Å². The fraction of sp³-hybridized carbons (Fsp3) is 0.155. The minimum absolute atomic E-state index is 0.0727. The van der Waals surface area contributed by atoms with E-state index in [4.69, 9.17) is 29.6 Å². The number of carbonyl (C=O) groups excluding carboxylic acids is 3. The lowest BCUT2D eigenvalue weighted by atomic mass is 9.97. The quantitative estimate of drug-likeness (QED) is 0.0712. The Balaban J connectivity index is 0.817. The summed E-state index contributed by atoms with van der Waals surface area (Å²) in [4.78, 5) is 50.5. The van der Waals surface area contributed by atoms with Crippen molar-refractivity contribution in [1.82, 2.24) is 25.0 Å². The maximum absolute atomic E-state index is 14.0. The van der Waals surface area contributed by atoms with Crippen LogP contribution < -0.4 is 21.1 Å². The monoisotopic (exact) mass is 926 g/mol. The van der Waals surface area contributed by atoms with Gasteiger partial charge in [0.15, 0.2) is 11.4 Å². The third-order valence-electron chi connectivity index (χ3n) is 12.5. The maximum atomic E-state index is 14.0. The molecule has 0 radical (unpaired) electrons. The van der Waals surface area contributed by atoms with Crippen molar-refractivity contribution in [3.63, 3.8) is 0 Å². The molecule has 4 N–H and O–H groups in total. The van der Waals surface area contributed by atoms with E-state index in [1.807, 2.05) is 156 Å². The molecule has 3 aromatic heterocycles. The van der Waals surface area contributed by atoms with E-state index in [-0.39, 0.29) is 44.3 Å². The summed E-state index contributed by atoms with van der Waals surface area (Å²) in [6, 6.07) is 54.1. The van der Waals surface area contributed by atoms with Gasteiger partial charge in [0, 0.05) is 36.2 Å². The number of nitrogen functional groups attached to an aromatic ring is 1. The van der Waals surface area contributed by atoms with Crippen molar-refractivity contribution in [2.45, 2.75) is 44.2 Å². The van der Waals surface area contributed by atoms with Crippen molar-refractivity contribution in [1.29, 1.82) is 0 Å². The molecule has 348 valence electrons. The zero-order chi connectivity index (χ0) is 47.8. The van der Waals surface area contributed by atoms with Crippen molar-refractivity contribution >= 4 is 29.1 Å². The number of Topliss-reactive ketones (excluding diaryl/α,β-unsaturated/α-hetero) is 1. The SMILES string of the molecule is Nc1cccc(-c2cn3c(OCc4ccc(CC(=O)C(Cc5ccccc5)NC(=O)CNC(=O)OCC5c6ccccc6-c6ccccc65)cc4)c(Cc4ccco4)nc3c(Cc3ccccc3)n2)c1. The van der Waals surface area contributed by atoms with Crippen LogP contribution in [0.1, 0.15) is 56.4 Å². The highest BCUT2D eigenvalue weighted by Crippen LogP contribution is 2.44. The minimum atomic E-state index is -0.844. The fourth-order valence-electron chi connectivity index (χ4n) is 9.10. The summed E-state index contributed by atoms with van der Waals surface area (Å²) in [5, 5.41) is 5.45. The predicted octanol–water partition coefficient (Wildman–Crippen LogP) is 9.71. The Bertz CT molecular complexity index is 3240. The van der Waals surface area contributed by atoms with Crippen molar-refractivity contribution in [3.05, 3.63) is 233 Å². The van der Waals surface area contributed by atoms with Gasteiger partial charge in [0.2, 0.25) is 11.8 Å². The van der Waals surface area contributed by atoms with Crippen LogP contribution in [0, 0.1) is 0 Å². The molecule has 12 heteroatoms. The van der Waals surface area contributed by atoms with Crippen molar-refractivity contribution < 1.29 is 28.3 Å². The molecule has 0 saturated carbocycles. The highest BCUT2D eigenvalue weighted by molar-refractivity contribution is 5.92. The second-order valence-electron chi connectivity index (χ2n) is 17.4. The smallest absolute Gasteiger partial charge is 0.407 e. The van der Waals surface area contributed by atoms with Crippen molar-refractivity contribution in [3.8, 4) is 28.3 Å². The Morgan fingerprint density at radius 1 is 0.686 bits per heavy atom. The van der Waals surface area contributed by atoms with Crippen LogP contribution in [0.3, 0.4) is 0 Å². The van der Waals surface area contributed by atoms with Crippen LogP contribution in [0.25, 0.3) is 28.0 Å². The van der Waals surface area contributed by atoms with Gasteiger partial charge in [0.1, 0.15) is 31.2 Å². The Morgan fingerprint density at radius 2 is 1.37 bits per heavy atom. The van der Waals surface area contributed by atoms with Crippen molar-refractivity contribution in [2.24, 2.45) is 0 Å². The number of anilines is 1. The number of benzene rings is 6. The van der Waals surface area contributed by atoms with Gasteiger partial charge >= 0.3 is 6.09 Å². The number of ketones is 1. The van der Waals surface area contributed by atoms with Crippen LogP contribution in [0.15, 0.2) is 187 Å². The average Bonchev–Trinajstić information content (AvgIpc) is 4.12. The molecular formula is C58H50N6O6. The molecule has 10 rings (SSSR count). The summed E-state index contributed by atoms with van der Waals surface area (Å²) in [6.07, 6.45) is 4.16. The van der Waals surface area contributed by atoms with Gasteiger partial charge in [-0.15, -0.1) is 0 Å². The summed E-state index contributed by atoms with van der Waals surface area (Å²) in [5.41, 5.74) is 18.6. The van der Waals surface area contributed by atoms with Gasteiger partial charge in [-0.25, -0.2) is 14.8 Å². The Kier molecular flexibility index (Phi) is 13.3. The second kappa shape index (κ2) is 20.6. The van der Waals surface area contributed by atoms with Crippen LogP contribution in [0.2, 0.25) is 0 Å². The number of hydrogen-bond donors (Lipinski definition) is 3. The number of imidazole rings is 1. The first-order valence-corrected chi connectivity index (χ1v) is 23.3. The Hall–Kier alpha value is -8.77. The molecule has 2 amide bonds. The molecule has 0 aliphatic heterocycles. The fourth-order valence-corrected chi connectivity index (χ4v) is 9.10. The molecule has 6 aromatic carbocycles. The number of nitrogens with zero attached hydrogens (tertiary/aromatic N) is 3. The first-order valence-electron chi connectivity index (χ1n) is 23.3. The molecule has 9 aromatic rings. The summed E-state index contributed by atoms with van der Waals surface area (Å²) in [6.45, 7) is -0.0261. The second-order valence-corrected chi connectivity index (χ2v) is 17.4. The van der Waals surface area contributed by atoms with Gasteiger partial charge in [0.25, 0.3) is 0 Å². The third-order valence-corrected chi connectivity index (χ3v) is 12.5. The van der Waals surface area contributed by atoms with Crippen LogP contribution in [0.4, 0.5) is 10.5 Å². The number of ether oxygens (including phenoxy) is 2. The van der Waals surface area contributed by atoms with Crippen LogP contribution in [-0.2, 0) is 46.6 Å². The number of rotatable bonds is 18. The minimum Gasteiger partial charge on any atom is -0.472 e.